The molecular weight excluding hydrogens is 296 g/mol. The van der Waals surface area contributed by atoms with Crippen molar-refractivity contribution in [3.8, 4) is 5.75 Å². The molecule has 18 heavy (non-hydrogen) atoms. The molecule has 1 fully saturated rings. The largest absolute Gasteiger partial charge is 0.496 e. The number of carbonyl (C=O) groups excluding carboxylic acids is 1. The summed E-state index contributed by atoms with van der Waals surface area (Å²) in [5, 5.41) is 3.32. The molecule has 4 nitrogen and oxygen atoms in total. The summed E-state index contributed by atoms with van der Waals surface area (Å²) in [6.45, 7) is 4.37. The zero-order valence-corrected chi connectivity index (χ0v) is 12.2. The van der Waals surface area contributed by atoms with E-state index in [0.29, 0.717) is 17.4 Å². The molecular formula is C13H17BrN2O2. The van der Waals surface area contributed by atoms with Gasteiger partial charge in [0.1, 0.15) is 5.75 Å². The number of methoxy groups -OCH3 is 1. The maximum atomic E-state index is 12.5. The Morgan fingerprint density at radius 2 is 2.33 bits per heavy atom. The minimum atomic E-state index is 0.0210. The molecule has 0 spiro atoms. The highest BCUT2D eigenvalue weighted by Crippen LogP contribution is 2.28. The van der Waals surface area contributed by atoms with Gasteiger partial charge in [-0.2, -0.15) is 0 Å². The van der Waals surface area contributed by atoms with Crippen LogP contribution in [0.5, 0.6) is 5.75 Å². The fraction of sp³-hybridized carbons (Fsp3) is 0.462. The highest BCUT2D eigenvalue weighted by molar-refractivity contribution is 9.10. The summed E-state index contributed by atoms with van der Waals surface area (Å²) in [5.74, 6) is 0.633. The first kappa shape index (κ1) is 13.4. The topological polar surface area (TPSA) is 41.6 Å². The molecule has 1 unspecified atom stereocenters. The lowest BCUT2D eigenvalue weighted by atomic mass is 10.1. The van der Waals surface area contributed by atoms with Crippen LogP contribution in [-0.4, -0.2) is 43.6 Å². The van der Waals surface area contributed by atoms with Crippen LogP contribution in [-0.2, 0) is 0 Å². The van der Waals surface area contributed by atoms with E-state index in [1.165, 1.54) is 0 Å². The number of amides is 1. The van der Waals surface area contributed by atoms with Gasteiger partial charge >= 0.3 is 0 Å². The van der Waals surface area contributed by atoms with Crippen molar-refractivity contribution in [1.82, 2.24) is 10.2 Å². The molecule has 1 aromatic carbocycles. The van der Waals surface area contributed by atoms with Crippen LogP contribution >= 0.6 is 15.9 Å². The van der Waals surface area contributed by atoms with Gasteiger partial charge in [-0.25, -0.2) is 0 Å². The number of hydrogen-bond donors (Lipinski definition) is 1. The second kappa shape index (κ2) is 5.71. The minimum Gasteiger partial charge on any atom is -0.496 e. The van der Waals surface area contributed by atoms with E-state index in [-0.39, 0.29) is 5.91 Å². The quantitative estimate of drug-likeness (QED) is 0.907. The monoisotopic (exact) mass is 312 g/mol. The number of hydrogen-bond acceptors (Lipinski definition) is 3. The molecule has 5 heteroatoms. The molecule has 1 aliphatic heterocycles. The van der Waals surface area contributed by atoms with Crippen LogP contribution in [0.25, 0.3) is 0 Å². The summed E-state index contributed by atoms with van der Waals surface area (Å²) in [7, 11) is 1.58. The molecule has 1 aromatic rings. The van der Waals surface area contributed by atoms with Crippen LogP contribution in [0, 0.1) is 0 Å². The molecule has 0 bridgehead atoms. The maximum Gasteiger partial charge on any atom is 0.258 e. The highest BCUT2D eigenvalue weighted by Gasteiger charge is 2.25. The normalized spacial score (nSPS) is 19.7. The van der Waals surface area contributed by atoms with Crippen LogP contribution in [0.15, 0.2) is 22.7 Å². The van der Waals surface area contributed by atoms with Crippen molar-refractivity contribution in [1.29, 1.82) is 0 Å². The number of nitrogens with one attached hydrogen (secondary N) is 1. The lowest BCUT2D eigenvalue weighted by Crippen LogP contribution is -2.51. The van der Waals surface area contributed by atoms with Crippen molar-refractivity contribution in [2.24, 2.45) is 0 Å². The SMILES string of the molecule is COc1cccc(Br)c1C(=O)N1CCNC(C)C1. The lowest BCUT2D eigenvalue weighted by Gasteiger charge is -2.32. The molecule has 0 saturated carbocycles. The average molecular weight is 313 g/mol. The van der Waals surface area contributed by atoms with Crippen LogP contribution in [0.2, 0.25) is 0 Å². The summed E-state index contributed by atoms with van der Waals surface area (Å²) in [5.41, 5.74) is 0.606. The zero-order valence-electron chi connectivity index (χ0n) is 10.6. The van der Waals surface area contributed by atoms with E-state index in [1.54, 1.807) is 7.11 Å². The molecule has 1 aliphatic rings. The Bertz CT molecular complexity index is 451. The van der Waals surface area contributed by atoms with Crippen molar-refractivity contribution in [3.63, 3.8) is 0 Å². The van der Waals surface area contributed by atoms with E-state index in [1.807, 2.05) is 23.1 Å². The van der Waals surface area contributed by atoms with E-state index < -0.39 is 0 Å². The van der Waals surface area contributed by atoms with Gasteiger partial charge in [0, 0.05) is 30.1 Å². The van der Waals surface area contributed by atoms with Gasteiger partial charge in [-0.05, 0) is 35.0 Å². The van der Waals surface area contributed by atoms with Crippen LogP contribution in [0.3, 0.4) is 0 Å². The zero-order chi connectivity index (χ0) is 13.1. The van der Waals surface area contributed by atoms with Crippen LogP contribution in [0.1, 0.15) is 17.3 Å². The first-order valence-corrected chi connectivity index (χ1v) is 6.78. The van der Waals surface area contributed by atoms with E-state index >= 15 is 0 Å². The number of carbonyl (C=O) groups is 1. The molecule has 98 valence electrons. The molecule has 1 N–H and O–H groups in total. The second-order valence-corrected chi connectivity index (χ2v) is 5.28. The number of benzene rings is 1. The van der Waals surface area contributed by atoms with Gasteiger partial charge < -0.3 is 15.0 Å². The minimum absolute atomic E-state index is 0.0210. The van der Waals surface area contributed by atoms with Gasteiger partial charge in [-0.1, -0.05) is 6.07 Å². The molecule has 1 heterocycles. The fourth-order valence-corrected chi connectivity index (χ4v) is 2.67. The lowest BCUT2D eigenvalue weighted by molar-refractivity contribution is 0.0704. The number of halogens is 1. The molecule has 1 amide bonds. The van der Waals surface area contributed by atoms with Crippen molar-refractivity contribution >= 4 is 21.8 Å². The number of piperazine rings is 1. The average Bonchev–Trinajstić information content (AvgIpc) is 2.37. The van der Waals surface area contributed by atoms with Gasteiger partial charge in [0.15, 0.2) is 0 Å². The summed E-state index contributed by atoms with van der Waals surface area (Å²) < 4.78 is 6.05. The molecule has 0 aromatic heterocycles. The van der Waals surface area contributed by atoms with Gasteiger partial charge in [0.05, 0.1) is 12.7 Å². The Hall–Kier alpha value is -1.07. The Balaban J connectivity index is 2.28. The van der Waals surface area contributed by atoms with Gasteiger partial charge in [-0.15, -0.1) is 0 Å². The number of nitrogens with zero attached hydrogens (tertiary/aromatic N) is 1. The Morgan fingerprint density at radius 3 is 3.00 bits per heavy atom. The Labute approximate surface area is 115 Å². The van der Waals surface area contributed by atoms with E-state index in [9.17, 15) is 4.79 Å². The molecule has 1 atom stereocenters. The predicted octanol–water partition coefficient (Wildman–Crippen LogP) is 1.89. The molecule has 0 aliphatic carbocycles. The summed E-state index contributed by atoms with van der Waals surface area (Å²) in [6.07, 6.45) is 0. The standard InChI is InChI=1S/C13H17BrN2O2/c1-9-8-16(7-6-15-9)13(17)12-10(14)4-3-5-11(12)18-2/h3-5,9,15H,6-8H2,1-2H3. The van der Waals surface area contributed by atoms with Crippen molar-refractivity contribution < 1.29 is 9.53 Å². The Kier molecular flexibility index (Phi) is 4.24. The molecule has 0 radical (unpaired) electrons. The second-order valence-electron chi connectivity index (χ2n) is 4.42. The van der Waals surface area contributed by atoms with E-state index in [0.717, 1.165) is 24.1 Å². The molecule has 1 saturated heterocycles. The van der Waals surface area contributed by atoms with Gasteiger partial charge in [-0.3, -0.25) is 4.79 Å². The number of ether oxygens (including phenoxy) is 1. The van der Waals surface area contributed by atoms with Crippen molar-refractivity contribution in [3.05, 3.63) is 28.2 Å². The van der Waals surface area contributed by atoms with Crippen LogP contribution < -0.4 is 10.1 Å². The van der Waals surface area contributed by atoms with Crippen molar-refractivity contribution in [2.45, 2.75) is 13.0 Å². The third kappa shape index (κ3) is 2.67. The summed E-state index contributed by atoms with van der Waals surface area (Å²) in [6, 6.07) is 5.86. The smallest absolute Gasteiger partial charge is 0.258 e. The van der Waals surface area contributed by atoms with Crippen LogP contribution in [0.4, 0.5) is 0 Å². The summed E-state index contributed by atoms with van der Waals surface area (Å²) in [4.78, 5) is 14.4. The first-order valence-electron chi connectivity index (χ1n) is 5.98. The third-order valence-electron chi connectivity index (χ3n) is 3.07. The molecule has 2 rings (SSSR count). The highest BCUT2D eigenvalue weighted by atomic mass is 79.9. The predicted molar refractivity (Wildman–Crippen MR) is 74.1 cm³/mol. The third-order valence-corrected chi connectivity index (χ3v) is 3.73. The summed E-state index contributed by atoms with van der Waals surface area (Å²) >= 11 is 3.43. The maximum absolute atomic E-state index is 12.5. The van der Waals surface area contributed by atoms with Gasteiger partial charge in [0.2, 0.25) is 0 Å². The van der Waals surface area contributed by atoms with E-state index in [2.05, 4.69) is 28.2 Å². The fourth-order valence-electron chi connectivity index (χ4n) is 2.16. The van der Waals surface area contributed by atoms with E-state index in [4.69, 9.17) is 4.74 Å². The first-order chi connectivity index (χ1) is 8.63. The number of rotatable bonds is 2. The van der Waals surface area contributed by atoms with Crippen molar-refractivity contribution in [2.75, 3.05) is 26.7 Å². The van der Waals surface area contributed by atoms with Gasteiger partial charge in [0.25, 0.3) is 5.91 Å². The Morgan fingerprint density at radius 1 is 1.56 bits per heavy atom.